The summed E-state index contributed by atoms with van der Waals surface area (Å²) >= 11 is 1.37. The molecule has 7 heteroatoms. The molecule has 0 fully saturated rings. The number of anilines is 1. The number of thiazole rings is 1. The monoisotopic (exact) mass is 428 g/mol. The highest BCUT2D eigenvalue weighted by molar-refractivity contribution is 7.22. The number of ether oxygens (including phenoxy) is 1. The van der Waals surface area contributed by atoms with Gasteiger partial charge in [-0.3, -0.25) is 14.9 Å². The molecular formula is C24H16N2O4S. The molecule has 5 aromatic rings. The summed E-state index contributed by atoms with van der Waals surface area (Å²) in [5, 5.41) is 3.60. The van der Waals surface area contributed by atoms with Gasteiger partial charge in [0.15, 0.2) is 17.5 Å². The maximum absolute atomic E-state index is 13.1. The third-order valence-corrected chi connectivity index (χ3v) is 5.63. The van der Waals surface area contributed by atoms with Gasteiger partial charge >= 0.3 is 0 Å². The molecule has 6 nitrogen and oxygen atoms in total. The molecule has 0 saturated heterocycles. The van der Waals surface area contributed by atoms with Gasteiger partial charge in [0, 0.05) is 5.56 Å². The number of para-hydroxylation sites is 2. The van der Waals surface area contributed by atoms with Gasteiger partial charge in [-0.15, -0.1) is 0 Å². The van der Waals surface area contributed by atoms with Crippen LogP contribution in [0, 0.1) is 0 Å². The van der Waals surface area contributed by atoms with Crippen molar-refractivity contribution in [3.8, 4) is 17.1 Å². The lowest BCUT2D eigenvalue weighted by molar-refractivity contribution is -0.118. The van der Waals surface area contributed by atoms with Crippen molar-refractivity contribution in [2.45, 2.75) is 0 Å². The van der Waals surface area contributed by atoms with E-state index in [1.165, 1.54) is 11.3 Å². The zero-order valence-electron chi connectivity index (χ0n) is 16.2. The molecule has 0 unspecified atom stereocenters. The predicted molar refractivity (Wildman–Crippen MR) is 122 cm³/mol. The Kier molecular flexibility index (Phi) is 4.93. The van der Waals surface area contributed by atoms with Gasteiger partial charge in [0.05, 0.1) is 15.6 Å². The van der Waals surface area contributed by atoms with Crippen molar-refractivity contribution in [3.05, 3.63) is 89.1 Å². The molecule has 0 bridgehead atoms. The van der Waals surface area contributed by atoms with Crippen LogP contribution in [0.15, 0.2) is 88.1 Å². The number of rotatable bonds is 5. The fourth-order valence-electron chi connectivity index (χ4n) is 3.25. The number of aromatic nitrogens is 1. The van der Waals surface area contributed by atoms with Gasteiger partial charge in [0.1, 0.15) is 5.58 Å². The van der Waals surface area contributed by atoms with E-state index in [-0.39, 0.29) is 23.5 Å². The molecular weight excluding hydrogens is 412 g/mol. The summed E-state index contributed by atoms with van der Waals surface area (Å²) in [6.45, 7) is -0.348. The van der Waals surface area contributed by atoms with E-state index < -0.39 is 5.91 Å². The van der Waals surface area contributed by atoms with E-state index in [1.807, 2.05) is 54.6 Å². The van der Waals surface area contributed by atoms with E-state index >= 15 is 0 Å². The van der Waals surface area contributed by atoms with Gasteiger partial charge < -0.3 is 9.15 Å². The van der Waals surface area contributed by atoms with Crippen LogP contribution in [0.25, 0.3) is 32.5 Å². The largest absolute Gasteiger partial charge is 0.476 e. The molecule has 3 aromatic carbocycles. The van der Waals surface area contributed by atoms with Gasteiger partial charge in [0.2, 0.25) is 11.2 Å². The molecule has 152 valence electrons. The summed E-state index contributed by atoms with van der Waals surface area (Å²) < 4.78 is 12.7. The lowest BCUT2D eigenvalue weighted by atomic mass is 10.1. The molecule has 2 aromatic heterocycles. The highest BCUT2D eigenvalue weighted by Gasteiger charge is 2.19. The Morgan fingerprint density at radius 3 is 2.55 bits per heavy atom. The van der Waals surface area contributed by atoms with Crippen molar-refractivity contribution in [1.29, 1.82) is 0 Å². The molecule has 0 aliphatic carbocycles. The highest BCUT2D eigenvalue weighted by atomic mass is 32.1. The van der Waals surface area contributed by atoms with E-state index in [0.29, 0.717) is 21.7 Å². The Balaban J connectivity index is 1.44. The van der Waals surface area contributed by atoms with Crippen molar-refractivity contribution in [2.75, 3.05) is 11.9 Å². The molecule has 5 rings (SSSR count). The predicted octanol–water partition coefficient (Wildman–Crippen LogP) is 5.09. The van der Waals surface area contributed by atoms with Crippen molar-refractivity contribution in [2.24, 2.45) is 0 Å². The first-order chi connectivity index (χ1) is 15.2. The number of carbonyl (C=O) groups excluding carboxylic acids is 1. The number of fused-ring (bicyclic) bond motifs is 2. The van der Waals surface area contributed by atoms with Crippen LogP contribution in [0.2, 0.25) is 0 Å². The summed E-state index contributed by atoms with van der Waals surface area (Å²) in [5.74, 6) is -0.118. The minimum atomic E-state index is -0.411. The second kappa shape index (κ2) is 8.04. The Labute approximate surface area is 180 Å². The molecule has 1 amide bonds. The lowest BCUT2D eigenvalue weighted by Crippen LogP contribution is -2.22. The maximum atomic E-state index is 13.1. The average molecular weight is 428 g/mol. The summed E-state index contributed by atoms with van der Waals surface area (Å²) in [5.41, 5.74) is 1.63. The van der Waals surface area contributed by atoms with Crippen LogP contribution in [-0.2, 0) is 4.79 Å². The third-order valence-electron chi connectivity index (χ3n) is 4.68. The van der Waals surface area contributed by atoms with Gasteiger partial charge in [-0.2, -0.15) is 0 Å². The van der Waals surface area contributed by atoms with Crippen LogP contribution in [0.4, 0.5) is 5.13 Å². The molecule has 0 aliphatic heterocycles. The van der Waals surface area contributed by atoms with E-state index in [0.717, 1.165) is 10.2 Å². The number of amides is 1. The Morgan fingerprint density at radius 2 is 1.71 bits per heavy atom. The van der Waals surface area contributed by atoms with E-state index in [4.69, 9.17) is 9.15 Å². The van der Waals surface area contributed by atoms with E-state index in [1.54, 1.807) is 24.3 Å². The Bertz CT molecular complexity index is 1420. The van der Waals surface area contributed by atoms with E-state index in [9.17, 15) is 9.59 Å². The van der Waals surface area contributed by atoms with Crippen molar-refractivity contribution < 1.29 is 13.9 Å². The van der Waals surface area contributed by atoms with Crippen LogP contribution >= 0.6 is 11.3 Å². The second-order valence-corrected chi connectivity index (χ2v) is 7.81. The minimum Gasteiger partial charge on any atom is -0.476 e. The van der Waals surface area contributed by atoms with Gasteiger partial charge in [-0.05, 0) is 24.3 Å². The quantitative estimate of drug-likeness (QED) is 0.422. The van der Waals surface area contributed by atoms with Crippen LogP contribution in [0.3, 0.4) is 0 Å². The Morgan fingerprint density at radius 1 is 0.968 bits per heavy atom. The molecule has 0 spiro atoms. The number of hydrogen-bond donors (Lipinski definition) is 1. The fourth-order valence-corrected chi connectivity index (χ4v) is 4.14. The van der Waals surface area contributed by atoms with Gasteiger partial charge in [0.25, 0.3) is 5.91 Å². The molecule has 0 aliphatic rings. The molecule has 31 heavy (non-hydrogen) atoms. The minimum absolute atomic E-state index is 0.00403. The highest BCUT2D eigenvalue weighted by Crippen LogP contribution is 2.31. The molecule has 0 radical (unpaired) electrons. The second-order valence-electron chi connectivity index (χ2n) is 6.78. The smallest absolute Gasteiger partial charge is 0.264 e. The maximum Gasteiger partial charge on any atom is 0.264 e. The normalized spacial score (nSPS) is 11.0. The van der Waals surface area contributed by atoms with Gasteiger partial charge in [-0.1, -0.05) is 65.9 Å². The van der Waals surface area contributed by atoms with Crippen LogP contribution in [0.5, 0.6) is 5.75 Å². The standard InChI is InChI=1S/C24H16N2O4S/c27-20(26-24-25-17-11-5-7-13-19(17)31-24)14-29-23-21(28)16-10-4-6-12-18(16)30-22(23)15-8-2-1-3-9-15/h1-13H,14H2,(H,25,26,27). The third kappa shape index (κ3) is 3.78. The molecule has 0 atom stereocenters. The van der Waals surface area contributed by atoms with Crippen LogP contribution in [0.1, 0.15) is 0 Å². The first-order valence-electron chi connectivity index (χ1n) is 9.58. The zero-order chi connectivity index (χ0) is 21.2. The van der Waals surface area contributed by atoms with Crippen LogP contribution in [-0.4, -0.2) is 17.5 Å². The van der Waals surface area contributed by atoms with Crippen molar-refractivity contribution in [1.82, 2.24) is 4.98 Å². The number of hydrogen-bond acceptors (Lipinski definition) is 6. The molecule has 0 saturated carbocycles. The van der Waals surface area contributed by atoms with Crippen molar-refractivity contribution >= 4 is 43.6 Å². The summed E-state index contributed by atoms with van der Waals surface area (Å²) in [6, 6.07) is 23.8. The summed E-state index contributed by atoms with van der Waals surface area (Å²) in [6.07, 6.45) is 0. The average Bonchev–Trinajstić information content (AvgIpc) is 3.21. The Hall–Kier alpha value is -3.97. The van der Waals surface area contributed by atoms with E-state index in [2.05, 4.69) is 10.3 Å². The summed E-state index contributed by atoms with van der Waals surface area (Å²) in [4.78, 5) is 29.9. The summed E-state index contributed by atoms with van der Waals surface area (Å²) in [7, 11) is 0. The fraction of sp³-hybridized carbons (Fsp3) is 0.0417. The molecule has 1 N–H and O–H groups in total. The first-order valence-corrected chi connectivity index (χ1v) is 10.4. The molecule has 2 heterocycles. The van der Waals surface area contributed by atoms with Crippen molar-refractivity contribution in [3.63, 3.8) is 0 Å². The SMILES string of the molecule is O=C(COc1c(-c2ccccc2)oc2ccccc2c1=O)Nc1nc2ccccc2s1. The number of nitrogens with zero attached hydrogens (tertiary/aromatic N) is 1. The number of nitrogens with one attached hydrogen (secondary N) is 1. The van der Waals surface area contributed by atoms with Gasteiger partial charge in [-0.25, -0.2) is 4.98 Å². The zero-order valence-corrected chi connectivity index (χ0v) is 17.0. The number of benzene rings is 3. The van der Waals surface area contributed by atoms with Crippen LogP contribution < -0.4 is 15.5 Å². The number of carbonyl (C=O) groups is 1. The topological polar surface area (TPSA) is 81.4 Å². The first kappa shape index (κ1) is 19.0. The lowest BCUT2D eigenvalue weighted by Gasteiger charge is -2.11.